The highest BCUT2D eigenvalue weighted by Gasteiger charge is 2.19. The zero-order valence-corrected chi connectivity index (χ0v) is 13.8. The van der Waals surface area contributed by atoms with Gasteiger partial charge in [-0.3, -0.25) is 14.4 Å². The summed E-state index contributed by atoms with van der Waals surface area (Å²) in [5.41, 5.74) is 1.72. The van der Waals surface area contributed by atoms with Crippen molar-refractivity contribution >= 4 is 34.9 Å². The topological polar surface area (TPSA) is 72.5 Å². The number of ketones is 1. The number of methoxy groups -OCH3 is 1. The lowest BCUT2D eigenvalue weighted by molar-refractivity contribution is -0.142. The highest BCUT2D eigenvalue weighted by atomic mass is 35.5. The lowest BCUT2D eigenvalue weighted by atomic mass is 9.97. The minimum absolute atomic E-state index is 0.120. The minimum Gasteiger partial charge on any atom is -0.469 e. The van der Waals surface area contributed by atoms with E-state index < -0.39 is 18.3 Å². The summed E-state index contributed by atoms with van der Waals surface area (Å²) < 4.78 is 4.46. The first-order valence-electron chi connectivity index (χ1n) is 7.21. The first-order valence-corrected chi connectivity index (χ1v) is 7.74. The molecule has 24 heavy (non-hydrogen) atoms. The number of rotatable bonds is 6. The molecule has 124 valence electrons. The number of anilines is 1. The molecule has 0 aliphatic heterocycles. The van der Waals surface area contributed by atoms with E-state index in [4.69, 9.17) is 11.6 Å². The van der Waals surface area contributed by atoms with E-state index in [1.165, 1.54) is 7.11 Å². The first kappa shape index (κ1) is 17.7. The van der Waals surface area contributed by atoms with Crippen LogP contribution in [0.1, 0.15) is 27.9 Å². The largest absolute Gasteiger partial charge is 0.469 e. The monoisotopic (exact) mass is 345 g/mol. The van der Waals surface area contributed by atoms with Gasteiger partial charge in [0.25, 0.3) is 0 Å². The third-order valence-electron chi connectivity index (χ3n) is 3.36. The second-order valence-corrected chi connectivity index (χ2v) is 5.24. The quantitative estimate of drug-likeness (QED) is 0.378. The molecule has 0 unspecified atom stereocenters. The van der Waals surface area contributed by atoms with Crippen LogP contribution < -0.4 is 5.32 Å². The Morgan fingerprint density at radius 3 is 2.38 bits per heavy atom. The molecule has 2 aromatic rings. The van der Waals surface area contributed by atoms with Crippen LogP contribution in [0.5, 0.6) is 0 Å². The number of carbonyl (C=O) groups is 3. The van der Waals surface area contributed by atoms with Gasteiger partial charge in [0.1, 0.15) is 6.42 Å². The molecule has 6 heteroatoms. The van der Waals surface area contributed by atoms with Gasteiger partial charge in [0, 0.05) is 11.4 Å². The Hall–Kier alpha value is -2.66. The van der Waals surface area contributed by atoms with Gasteiger partial charge in [-0.15, -0.1) is 11.6 Å². The Bertz CT molecular complexity index is 759. The second kappa shape index (κ2) is 8.26. The predicted molar refractivity (Wildman–Crippen MR) is 91.1 cm³/mol. The maximum Gasteiger partial charge on any atom is 0.315 e. The number of nitrogens with one attached hydrogen (secondary N) is 1. The van der Waals surface area contributed by atoms with Gasteiger partial charge in [-0.2, -0.15) is 0 Å². The summed E-state index contributed by atoms with van der Waals surface area (Å²) in [6.45, 7) is 0. The molecule has 2 aromatic carbocycles. The summed E-state index contributed by atoms with van der Waals surface area (Å²) in [4.78, 5) is 35.9. The number of hydrogen-bond acceptors (Lipinski definition) is 4. The standard InChI is InChI=1S/C18H16ClNO4/c1-24-16(22)10-15(21)20-14-9-5-8-13(11-19)17(14)18(23)12-6-3-2-4-7-12/h2-9H,10-11H2,1H3,(H,20,21). The molecule has 0 radical (unpaired) electrons. The van der Waals surface area contributed by atoms with E-state index in [0.29, 0.717) is 22.4 Å². The van der Waals surface area contributed by atoms with Gasteiger partial charge < -0.3 is 10.1 Å². The summed E-state index contributed by atoms with van der Waals surface area (Å²) in [7, 11) is 1.20. The summed E-state index contributed by atoms with van der Waals surface area (Å²) >= 11 is 5.94. The molecule has 0 saturated heterocycles. The number of hydrogen-bond donors (Lipinski definition) is 1. The van der Waals surface area contributed by atoms with Crippen LogP contribution in [0.3, 0.4) is 0 Å². The van der Waals surface area contributed by atoms with Crippen LogP contribution in [-0.4, -0.2) is 24.8 Å². The summed E-state index contributed by atoms with van der Waals surface area (Å²) in [5.74, 6) is -1.35. The van der Waals surface area contributed by atoms with Gasteiger partial charge in [0.05, 0.1) is 18.4 Å². The van der Waals surface area contributed by atoms with Crippen LogP contribution >= 0.6 is 11.6 Å². The molecule has 2 rings (SSSR count). The summed E-state index contributed by atoms with van der Waals surface area (Å²) in [6.07, 6.45) is -0.430. The van der Waals surface area contributed by atoms with E-state index in [-0.39, 0.29) is 11.7 Å². The van der Waals surface area contributed by atoms with E-state index in [1.807, 2.05) is 6.07 Å². The molecular weight excluding hydrogens is 330 g/mol. The molecule has 5 nitrogen and oxygen atoms in total. The zero-order chi connectivity index (χ0) is 17.5. The van der Waals surface area contributed by atoms with E-state index >= 15 is 0 Å². The molecule has 0 bridgehead atoms. The van der Waals surface area contributed by atoms with Crippen LogP contribution in [0.2, 0.25) is 0 Å². The Morgan fingerprint density at radius 1 is 1.04 bits per heavy atom. The lowest BCUT2D eigenvalue weighted by Crippen LogP contribution is -2.19. The van der Waals surface area contributed by atoms with E-state index in [1.54, 1.807) is 42.5 Å². The van der Waals surface area contributed by atoms with Crippen LogP contribution in [0.25, 0.3) is 0 Å². The highest BCUT2D eigenvalue weighted by molar-refractivity contribution is 6.20. The minimum atomic E-state index is -0.656. The summed E-state index contributed by atoms with van der Waals surface area (Å²) in [5, 5.41) is 2.58. The van der Waals surface area contributed by atoms with Gasteiger partial charge in [0.2, 0.25) is 5.91 Å². The van der Waals surface area contributed by atoms with Gasteiger partial charge >= 0.3 is 5.97 Å². The van der Waals surface area contributed by atoms with E-state index in [0.717, 1.165) is 0 Å². The van der Waals surface area contributed by atoms with Gasteiger partial charge in [-0.1, -0.05) is 42.5 Å². The molecule has 0 aliphatic carbocycles. The molecule has 0 saturated carbocycles. The molecule has 0 fully saturated rings. The number of amides is 1. The van der Waals surface area contributed by atoms with Crippen molar-refractivity contribution in [3.05, 3.63) is 65.2 Å². The van der Waals surface area contributed by atoms with E-state index in [9.17, 15) is 14.4 Å². The van der Waals surface area contributed by atoms with Gasteiger partial charge in [-0.05, 0) is 11.6 Å². The number of alkyl halides is 1. The Kier molecular flexibility index (Phi) is 6.09. The first-order chi connectivity index (χ1) is 11.6. The Labute approximate surface area is 144 Å². The third kappa shape index (κ3) is 4.20. The number of halogens is 1. The van der Waals surface area contributed by atoms with Crippen LogP contribution in [0.4, 0.5) is 5.69 Å². The maximum atomic E-state index is 12.8. The number of ether oxygens (including phenoxy) is 1. The van der Waals surface area contributed by atoms with Crippen molar-refractivity contribution in [2.45, 2.75) is 12.3 Å². The van der Waals surface area contributed by atoms with Crippen molar-refractivity contribution in [2.75, 3.05) is 12.4 Å². The molecule has 1 amide bonds. The van der Waals surface area contributed by atoms with Crippen molar-refractivity contribution in [2.24, 2.45) is 0 Å². The molecule has 0 aliphatic rings. The van der Waals surface area contributed by atoms with Crippen molar-refractivity contribution in [1.29, 1.82) is 0 Å². The average Bonchev–Trinajstić information content (AvgIpc) is 2.61. The third-order valence-corrected chi connectivity index (χ3v) is 3.65. The maximum absolute atomic E-state index is 12.8. The second-order valence-electron chi connectivity index (χ2n) is 4.97. The van der Waals surface area contributed by atoms with Crippen LogP contribution in [-0.2, 0) is 20.2 Å². The number of carbonyl (C=O) groups excluding carboxylic acids is 3. The molecule has 0 aromatic heterocycles. The Balaban J connectivity index is 2.37. The number of benzene rings is 2. The fraction of sp³-hybridized carbons (Fsp3) is 0.167. The SMILES string of the molecule is COC(=O)CC(=O)Nc1cccc(CCl)c1C(=O)c1ccccc1. The Morgan fingerprint density at radius 2 is 1.75 bits per heavy atom. The zero-order valence-electron chi connectivity index (χ0n) is 13.0. The highest BCUT2D eigenvalue weighted by Crippen LogP contribution is 2.25. The van der Waals surface area contributed by atoms with Crippen LogP contribution in [0, 0.1) is 0 Å². The average molecular weight is 346 g/mol. The molecule has 0 spiro atoms. The molecule has 1 N–H and O–H groups in total. The fourth-order valence-corrected chi connectivity index (χ4v) is 2.44. The van der Waals surface area contributed by atoms with Crippen LogP contribution in [0.15, 0.2) is 48.5 Å². The lowest BCUT2D eigenvalue weighted by Gasteiger charge is -2.13. The van der Waals surface area contributed by atoms with Gasteiger partial charge in [-0.25, -0.2) is 0 Å². The molecule has 0 heterocycles. The van der Waals surface area contributed by atoms with E-state index in [2.05, 4.69) is 10.1 Å². The number of esters is 1. The van der Waals surface area contributed by atoms with Crippen molar-refractivity contribution in [3.8, 4) is 0 Å². The molecular formula is C18H16ClNO4. The predicted octanol–water partition coefficient (Wildman–Crippen LogP) is 3.16. The van der Waals surface area contributed by atoms with Crippen molar-refractivity contribution in [1.82, 2.24) is 0 Å². The van der Waals surface area contributed by atoms with Crippen molar-refractivity contribution < 1.29 is 19.1 Å². The van der Waals surface area contributed by atoms with Gasteiger partial charge in [0.15, 0.2) is 5.78 Å². The summed E-state index contributed by atoms with van der Waals surface area (Å²) in [6, 6.07) is 13.7. The van der Waals surface area contributed by atoms with Crippen molar-refractivity contribution in [3.63, 3.8) is 0 Å². The fourth-order valence-electron chi connectivity index (χ4n) is 2.22. The smallest absolute Gasteiger partial charge is 0.315 e. The normalized spacial score (nSPS) is 10.1. The molecule has 0 atom stereocenters.